The van der Waals surface area contributed by atoms with Crippen molar-refractivity contribution in [3.05, 3.63) is 51.4 Å². The molecule has 2 N–H and O–H groups in total. The highest BCUT2D eigenvalue weighted by molar-refractivity contribution is 7.98. The third-order valence-electron chi connectivity index (χ3n) is 2.86. The maximum atomic E-state index is 11.8. The topological polar surface area (TPSA) is 81.6 Å². The molecule has 19 heavy (non-hydrogen) atoms. The summed E-state index contributed by atoms with van der Waals surface area (Å²) in [4.78, 5) is 19.0. The molecule has 1 aliphatic rings. The second-order valence-corrected chi connectivity index (χ2v) is 5.13. The highest BCUT2D eigenvalue weighted by Gasteiger charge is 2.17. The van der Waals surface area contributed by atoms with Gasteiger partial charge in [-0.1, -0.05) is 0 Å². The van der Waals surface area contributed by atoms with Crippen molar-refractivity contribution in [2.75, 3.05) is 5.32 Å². The van der Waals surface area contributed by atoms with Gasteiger partial charge in [-0.25, -0.2) is 4.98 Å². The minimum Gasteiger partial charge on any atom is -0.326 e. The van der Waals surface area contributed by atoms with Gasteiger partial charge in [0, 0.05) is 22.8 Å². The van der Waals surface area contributed by atoms with Crippen molar-refractivity contribution in [3.63, 3.8) is 0 Å². The molecule has 1 aromatic heterocycles. The molecule has 2 heterocycles. The van der Waals surface area contributed by atoms with E-state index >= 15 is 0 Å². The monoisotopic (exact) mass is 270 g/mol. The lowest BCUT2D eigenvalue weighted by atomic mass is 10.2. The van der Waals surface area contributed by atoms with Crippen LogP contribution in [0.4, 0.5) is 11.6 Å². The van der Waals surface area contributed by atoms with Gasteiger partial charge in [-0.05, 0) is 24.3 Å². The molecule has 0 unspecified atom stereocenters. The predicted octanol–water partition coefficient (Wildman–Crippen LogP) is 2.13. The molecule has 0 radical (unpaired) electrons. The Bertz CT molecular complexity index is 715. The molecule has 0 aliphatic carbocycles. The van der Waals surface area contributed by atoms with Gasteiger partial charge in [-0.15, -0.1) is 0 Å². The van der Waals surface area contributed by atoms with Crippen LogP contribution in [0.25, 0.3) is 0 Å². The summed E-state index contributed by atoms with van der Waals surface area (Å²) in [5.74, 6) is 1.95. The van der Waals surface area contributed by atoms with Gasteiger partial charge in [0.15, 0.2) is 0 Å². The molecule has 0 saturated carbocycles. The molecule has 0 bridgehead atoms. The number of H-pyrrole nitrogens is 1. The van der Waals surface area contributed by atoms with Crippen LogP contribution in [0.1, 0.15) is 16.8 Å². The van der Waals surface area contributed by atoms with Crippen molar-refractivity contribution >= 4 is 23.4 Å². The number of anilines is 2. The average Bonchev–Trinajstić information content (AvgIpc) is 2.88. The number of nitrogens with zero attached hydrogens (tertiary/aromatic N) is 2. The number of hydrogen-bond acceptors (Lipinski definition) is 5. The molecule has 0 amide bonds. The standard InChI is InChI=1S/C13H10N4OS/c14-5-8-1-3-9(4-2-8)15-13-16-11-7-19-6-10(11)12(18)17-13/h1-4H,6-7H2,(H2,15,16,17,18). The molecule has 6 heteroatoms. The fourth-order valence-electron chi connectivity index (χ4n) is 1.89. The number of rotatable bonds is 2. The van der Waals surface area contributed by atoms with Gasteiger partial charge in [0.1, 0.15) is 0 Å². The molecule has 2 aromatic rings. The van der Waals surface area contributed by atoms with Crippen molar-refractivity contribution in [2.45, 2.75) is 11.5 Å². The molecule has 0 saturated heterocycles. The smallest absolute Gasteiger partial charge is 0.256 e. The third-order valence-corrected chi connectivity index (χ3v) is 3.83. The normalized spacial score (nSPS) is 12.8. The van der Waals surface area contributed by atoms with Crippen LogP contribution in [0.5, 0.6) is 0 Å². The average molecular weight is 270 g/mol. The van der Waals surface area contributed by atoms with E-state index in [9.17, 15) is 4.79 Å². The molecular formula is C13H10N4OS. The summed E-state index contributed by atoms with van der Waals surface area (Å²) in [5, 5.41) is 11.8. The zero-order chi connectivity index (χ0) is 13.2. The fourth-order valence-corrected chi connectivity index (χ4v) is 2.92. The molecule has 0 spiro atoms. The first-order valence-corrected chi connectivity index (χ1v) is 6.89. The van der Waals surface area contributed by atoms with Crippen molar-refractivity contribution in [1.29, 1.82) is 5.26 Å². The number of benzene rings is 1. The Hall–Kier alpha value is -2.26. The summed E-state index contributed by atoms with van der Waals surface area (Å²) < 4.78 is 0. The lowest BCUT2D eigenvalue weighted by Gasteiger charge is -2.06. The van der Waals surface area contributed by atoms with Crippen LogP contribution in [0.15, 0.2) is 29.1 Å². The van der Waals surface area contributed by atoms with E-state index in [1.54, 1.807) is 36.0 Å². The molecule has 94 valence electrons. The quantitative estimate of drug-likeness (QED) is 0.873. The molecule has 5 nitrogen and oxygen atoms in total. The van der Waals surface area contributed by atoms with E-state index in [0.717, 1.165) is 28.5 Å². The third kappa shape index (κ3) is 2.33. The highest BCUT2D eigenvalue weighted by Crippen LogP contribution is 2.26. The Labute approximate surface area is 113 Å². The first-order valence-electron chi connectivity index (χ1n) is 5.73. The molecule has 0 atom stereocenters. The SMILES string of the molecule is N#Cc1ccc(Nc2nc3c(c(=O)[nH]2)CSC3)cc1. The Morgan fingerprint density at radius 3 is 2.84 bits per heavy atom. The first kappa shape index (κ1) is 11.8. The second-order valence-electron chi connectivity index (χ2n) is 4.15. The fraction of sp³-hybridized carbons (Fsp3) is 0.154. The minimum atomic E-state index is -0.0776. The summed E-state index contributed by atoms with van der Waals surface area (Å²) in [7, 11) is 0. The molecule has 3 rings (SSSR count). The number of aromatic nitrogens is 2. The second kappa shape index (κ2) is 4.78. The van der Waals surface area contributed by atoms with Crippen molar-refractivity contribution in [1.82, 2.24) is 9.97 Å². The summed E-state index contributed by atoms with van der Waals surface area (Å²) in [5.41, 5.74) is 2.93. The van der Waals surface area contributed by atoms with Gasteiger partial charge in [-0.2, -0.15) is 17.0 Å². The van der Waals surface area contributed by atoms with Gasteiger partial charge >= 0.3 is 0 Å². The Morgan fingerprint density at radius 1 is 1.32 bits per heavy atom. The van der Waals surface area contributed by atoms with E-state index in [4.69, 9.17) is 5.26 Å². The van der Waals surface area contributed by atoms with E-state index in [1.165, 1.54) is 0 Å². The largest absolute Gasteiger partial charge is 0.326 e. The maximum absolute atomic E-state index is 11.8. The summed E-state index contributed by atoms with van der Waals surface area (Å²) in [6, 6.07) is 9.04. The van der Waals surface area contributed by atoms with Gasteiger partial charge in [0.2, 0.25) is 5.95 Å². The van der Waals surface area contributed by atoms with Crippen LogP contribution in [0.2, 0.25) is 0 Å². The van der Waals surface area contributed by atoms with E-state index in [1.807, 2.05) is 0 Å². The lowest BCUT2D eigenvalue weighted by molar-refractivity contribution is 1.03. The summed E-state index contributed by atoms with van der Waals surface area (Å²) in [6.07, 6.45) is 0. The number of aromatic amines is 1. The van der Waals surface area contributed by atoms with E-state index < -0.39 is 0 Å². The number of hydrogen-bond donors (Lipinski definition) is 2. The van der Waals surface area contributed by atoms with E-state index in [0.29, 0.717) is 11.5 Å². The summed E-state index contributed by atoms with van der Waals surface area (Å²) in [6.45, 7) is 0. The molecular weight excluding hydrogens is 260 g/mol. The van der Waals surface area contributed by atoms with Crippen LogP contribution in [0, 0.1) is 11.3 Å². The predicted molar refractivity (Wildman–Crippen MR) is 74.3 cm³/mol. The number of fused-ring (bicyclic) bond motifs is 1. The number of nitrogens with one attached hydrogen (secondary N) is 2. The van der Waals surface area contributed by atoms with Crippen molar-refractivity contribution in [3.8, 4) is 6.07 Å². The Morgan fingerprint density at radius 2 is 2.11 bits per heavy atom. The highest BCUT2D eigenvalue weighted by atomic mass is 32.2. The van der Waals surface area contributed by atoms with Crippen molar-refractivity contribution in [2.24, 2.45) is 0 Å². The van der Waals surface area contributed by atoms with Crippen LogP contribution in [-0.2, 0) is 11.5 Å². The van der Waals surface area contributed by atoms with Crippen LogP contribution < -0.4 is 10.9 Å². The van der Waals surface area contributed by atoms with Crippen LogP contribution in [0.3, 0.4) is 0 Å². The summed E-state index contributed by atoms with van der Waals surface area (Å²) >= 11 is 1.69. The van der Waals surface area contributed by atoms with Crippen molar-refractivity contribution < 1.29 is 0 Å². The Balaban J connectivity index is 1.89. The number of thioether (sulfide) groups is 1. The van der Waals surface area contributed by atoms with E-state index in [2.05, 4.69) is 21.4 Å². The van der Waals surface area contributed by atoms with Gasteiger partial charge in [0.05, 0.1) is 17.3 Å². The van der Waals surface area contributed by atoms with Gasteiger partial charge < -0.3 is 5.32 Å². The maximum Gasteiger partial charge on any atom is 0.256 e. The van der Waals surface area contributed by atoms with Crippen LogP contribution in [-0.4, -0.2) is 9.97 Å². The number of nitriles is 1. The minimum absolute atomic E-state index is 0.0776. The van der Waals surface area contributed by atoms with Crippen LogP contribution >= 0.6 is 11.8 Å². The molecule has 0 fully saturated rings. The zero-order valence-electron chi connectivity index (χ0n) is 9.93. The van der Waals surface area contributed by atoms with Gasteiger partial charge in [0.25, 0.3) is 5.56 Å². The Kier molecular flexibility index (Phi) is 2.97. The van der Waals surface area contributed by atoms with Gasteiger partial charge in [-0.3, -0.25) is 9.78 Å². The lowest BCUT2D eigenvalue weighted by Crippen LogP contribution is -2.16. The first-order chi connectivity index (χ1) is 9.26. The van der Waals surface area contributed by atoms with E-state index in [-0.39, 0.29) is 5.56 Å². The molecule has 1 aliphatic heterocycles. The zero-order valence-corrected chi connectivity index (χ0v) is 10.8. The molecule has 1 aromatic carbocycles.